The molecule has 1 fully saturated rings. The maximum atomic E-state index is 11.9. The monoisotopic (exact) mass is 255 g/mol. The van der Waals surface area contributed by atoms with Gasteiger partial charge in [-0.3, -0.25) is 9.59 Å². The molecule has 0 aromatic heterocycles. The van der Waals surface area contributed by atoms with Gasteiger partial charge in [-0.15, -0.1) is 0 Å². The van der Waals surface area contributed by atoms with Crippen LogP contribution in [0.1, 0.15) is 52.9 Å². The minimum absolute atomic E-state index is 0.0298. The molecule has 1 atom stereocenters. The van der Waals surface area contributed by atoms with Crippen molar-refractivity contribution < 1.29 is 14.7 Å². The summed E-state index contributed by atoms with van der Waals surface area (Å²) < 4.78 is 0. The quantitative estimate of drug-likeness (QED) is 0.839. The summed E-state index contributed by atoms with van der Waals surface area (Å²) in [6.07, 6.45) is 4.17. The molecule has 0 bridgehead atoms. The van der Waals surface area contributed by atoms with Crippen LogP contribution in [0.3, 0.4) is 0 Å². The lowest BCUT2D eigenvalue weighted by molar-refractivity contribution is -0.144. The van der Waals surface area contributed by atoms with E-state index in [9.17, 15) is 14.7 Å². The summed E-state index contributed by atoms with van der Waals surface area (Å²) in [5.41, 5.74) is -0.0298. The summed E-state index contributed by atoms with van der Waals surface area (Å²) in [5, 5.41) is 9.29. The average Bonchev–Trinajstić information content (AvgIpc) is 2.41. The Hall–Kier alpha value is -1.06. The van der Waals surface area contributed by atoms with Crippen LogP contribution in [0.4, 0.5) is 0 Å². The van der Waals surface area contributed by atoms with Crippen molar-refractivity contribution in [3.05, 3.63) is 0 Å². The van der Waals surface area contributed by atoms with Crippen molar-refractivity contribution in [2.75, 3.05) is 13.1 Å². The Morgan fingerprint density at radius 2 is 2.00 bits per heavy atom. The first kappa shape index (κ1) is 15.0. The minimum atomic E-state index is -0.790. The summed E-state index contributed by atoms with van der Waals surface area (Å²) in [4.78, 5) is 24.9. The molecule has 1 rings (SSSR count). The number of hydrogen-bond acceptors (Lipinski definition) is 2. The van der Waals surface area contributed by atoms with E-state index < -0.39 is 11.9 Å². The predicted molar refractivity (Wildman–Crippen MR) is 70.2 cm³/mol. The third kappa shape index (κ3) is 5.07. The number of carbonyl (C=O) groups excluding carboxylic acids is 1. The van der Waals surface area contributed by atoms with Crippen molar-refractivity contribution in [2.45, 2.75) is 52.9 Å². The van der Waals surface area contributed by atoms with Gasteiger partial charge in [0.2, 0.25) is 5.91 Å². The van der Waals surface area contributed by atoms with Gasteiger partial charge in [0.05, 0.1) is 5.92 Å². The predicted octanol–water partition coefficient (Wildman–Crippen LogP) is 2.53. The highest BCUT2D eigenvalue weighted by atomic mass is 16.4. The fraction of sp³-hybridized carbons (Fsp3) is 0.857. The second-order valence-electron chi connectivity index (χ2n) is 6.45. The zero-order valence-corrected chi connectivity index (χ0v) is 11.7. The molecule has 1 saturated heterocycles. The second-order valence-corrected chi connectivity index (χ2v) is 6.45. The second kappa shape index (κ2) is 6.21. The maximum absolute atomic E-state index is 11.9. The third-order valence-electron chi connectivity index (χ3n) is 3.32. The molecule has 0 aromatic rings. The number of aliphatic carboxylic acids is 1. The van der Waals surface area contributed by atoms with Crippen LogP contribution >= 0.6 is 0 Å². The number of carboxylic acids is 1. The third-order valence-corrected chi connectivity index (χ3v) is 3.32. The van der Waals surface area contributed by atoms with Gasteiger partial charge in [-0.25, -0.2) is 0 Å². The van der Waals surface area contributed by atoms with E-state index in [1.54, 1.807) is 4.90 Å². The molecule has 0 radical (unpaired) electrons. The molecular formula is C14H25NO3. The molecule has 1 aliphatic rings. The molecule has 0 aromatic carbocycles. The molecular weight excluding hydrogens is 230 g/mol. The van der Waals surface area contributed by atoms with Gasteiger partial charge in [0.15, 0.2) is 0 Å². The van der Waals surface area contributed by atoms with E-state index in [1.807, 2.05) is 20.8 Å². The van der Waals surface area contributed by atoms with Crippen molar-refractivity contribution in [1.29, 1.82) is 0 Å². The molecule has 1 unspecified atom stereocenters. The van der Waals surface area contributed by atoms with Crippen LogP contribution in [-0.4, -0.2) is 35.0 Å². The van der Waals surface area contributed by atoms with Crippen molar-refractivity contribution >= 4 is 11.9 Å². The summed E-state index contributed by atoms with van der Waals surface area (Å²) in [5.74, 6) is -1.12. The molecule has 1 heterocycles. The Labute approximate surface area is 109 Å². The number of hydrogen-bond donors (Lipinski definition) is 1. The molecule has 0 spiro atoms. The smallest absolute Gasteiger partial charge is 0.308 e. The lowest BCUT2D eigenvalue weighted by Crippen LogP contribution is -2.38. The van der Waals surface area contributed by atoms with Crippen LogP contribution in [0.15, 0.2) is 0 Å². The summed E-state index contributed by atoms with van der Waals surface area (Å²) in [6.45, 7) is 7.19. The summed E-state index contributed by atoms with van der Waals surface area (Å²) in [6, 6.07) is 0. The molecule has 1 N–H and O–H groups in total. The van der Waals surface area contributed by atoms with Gasteiger partial charge >= 0.3 is 5.97 Å². The standard InChI is InChI=1S/C14H25NO3/c1-14(2,3)9-11(13(17)18)10-15-8-6-4-5-7-12(15)16/h11H,4-10H2,1-3H3,(H,17,18). The van der Waals surface area contributed by atoms with Crippen molar-refractivity contribution in [3.8, 4) is 0 Å². The first-order valence-electron chi connectivity index (χ1n) is 6.80. The molecule has 4 nitrogen and oxygen atoms in total. The van der Waals surface area contributed by atoms with Gasteiger partial charge < -0.3 is 10.0 Å². The van der Waals surface area contributed by atoms with Crippen LogP contribution in [-0.2, 0) is 9.59 Å². The Kier molecular flexibility index (Phi) is 5.17. The van der Waals surface area contributed by atoms with Crippen LogP contribution in [0, 0.1) is 11.3 Å². The summed E-state index contributed by atoms with van der Waals surface area (Å²) in [7, 11) is 0. The lowest BCUT2D eigenvalue weighted by Gasteiger charge is -2.28. The fourth-order valence-corrected chi connectivity index (χ4v) is 2.47. The van der Waals surface area contributed by atoms with Crippen LogP contribution in [0.5, 0.6) is 0 Å². The van der Waals surface area contributed by atoms with E-state index in [4.69, 9.17) is 0 Å². The Morgan fingerprint density at radius 1 is 1.33 bits per heavy atom. The maximum Gasteiger partial charge on any atom is 0.308 e. The van der Waals surface area contributed by atoms with E-state index in [0.29, 0.717) is 25.9 Å². The van der Waals surface area contributed by atoms with Gasteiger partial charge in [-0.1, -0.05) is 27.2 Å². The van der Waals surface area contributed by atoms with Gasteiger partial charge in [-0.2, -0.15) is 0 Å². The van der Waals surface area contributed by atoms with E-state index in [1.165, 1.54) is 0 Å². The average molecular weight is 255 g/mol. The van der Waals surface area contributed by atoms with Crippen LogP contribution < -0.4 is 0 Å². The molecule has 0 saturated carbocycles. The number of carboxylic acid groups (broad SMARTS) is 1. The first-order chi connectivity index (χ1) is 8.29. The highest BCUT2D eigenvalue weighted by molar-refractivity contribution is 5.77. The SMILES string of the molecule is CC(C)(C)CC(CN1CCCCCC1=O)C(=O)O. The van der Waals surface area contributed by atoms with E-state index in [-0.39, 0.29) is 11.3 Å². The zero-order valence-electron chi connectivity index (χ0n) is 11.7. The molecule has 104 valence electrons. The Balaban J connectivity index is 2.64. The molecule has 18 heavy (non-hydrogen) atoms. The number of rotatable bonds is 4. The number of amides is 1. The summed E-state index contributed by atoms with van der Waals surface area (Å²) >= 11 is 0. The van der Waals surface area contributed by atoms with Gasteiger partial charge in [0.1, 0.15) is 0 Å². The van der Waals surface area contributed by atoms with Crippen LogP contribution in [0.2, 0.25) is 0 Å². The topological polar surface area (TPSA) is 57.6 Å². The number of likely N-dealkylation sites (tertiary alicyclic amines) is 1. The van der Waals surface area contributed by atoms with Crippen LogP contribution in [0.25, 0.3) is 0 Å². The van der Waals surface area contributed by atoms with E-state index >= 15 is 0 Å². The van der Waals surface area contributed by atoms with Gasteiger partial charge in [0, 0.05) is 19.5 Å². The minimum Gasteiger partial charge on any atom is -0.481 e. The van der Waals surface area contributed by atoms with Crippen molar-refractivity contribution in [1.82, 2.24) is 4.90 Å². The lowest BCUT2D eigenvalue weighted by atomic mass is 9.84. The molecule has 1 amide bonds. The largest absolute Gasteiger partial charge is 0.481 e. The zero-order chi connectivity index (χ0) is 13.8. The van der Waals surface area contributed by atoms with Gasteiger partial charge in [0.25, 0.3) is 0 Å². The molecule has 1 aliphatic heterocycles. The van der Waals surface area contributed by atoms with E-state index in [2.05, 4.69) is 0 Å². The molecule has 0 aliphatic carbocycles. The Morgan fingerprint density at radius 3 is 2.56 bits per heavy atom. The number of carbonyl (C=O) groups is 2. The Bertz CT molecular complexity index is 307. The van der Waals surface area contributed by atoms with Gasteiger partial charge in [-0.05, 0) is 24.7 Å². The fourth-order valence-electron chi connectivity index (χ4n) is 2.47. The van der Waals surface area contributed by atoms with E-state index in [0.717, 1.165) is 19.3 Å². The first-order valence-corrected chi connectivity index (χ1v) is 6.80. The number of nitrogens with zero attached hydrogens (tertiary/aromatic N) is 1. The highest BCUT2D eigenvalue weighted by Gasteiger charge is 2.28. The highest BCUT2D eigenvalue weighted by Crippen LogP contribution is 2.26. The van der Waals surface area contributed by atoms with Crippen molar-refractivity contribution in [3.63, 3.8) is 0 Å². The normalized spacial score (nSPS) is 19.5. The van der Waals surface area contributed by atoms with Crippen molar-refractivity contribution in [2.24, 2.45) is 11.3 Å². The molecule has 4 heteroatoms.